The number of nitriles is 1. The fourth-order valence-electron chi connectivity index (χ4n) is 1.92. The third-order valence-corrected chi connectivity index (χ3v) is 3.77. The summed E-state index contributed by atoms with van der Waals surface area (Å²) >= 11 is 9.51. The van der Waals surface area contributed by atoms with Crippen LogP contribution in [0.4, 0.5) is 0 Å². The average Bonchev–Trinajstić information content (AvgIpc) is 2.52. The highest BCUT2D eigenvalue weighted by Crippen LogP contribution is 2.28. The Balaban J connectivity index is 2.45. The van der Waals surface area contributed by atoms with Crippen molar-refractivity contribution < 1.29 is 9.53 Å². The summed E-state index contributed by atoms with van der Waals surface area (Å²) < 4.78 is 5.53. The van der Waals surface area contributed by atoms with Crippen molar-refractivity contribution in [3.8, 4) is 6.07 Å². The van der Waals surface area contributed by atoms with E-state index in [9.17, 15) is 10.1 Å². The van der Waals surface area contributed by atoms with Gasteiger partial charge in [0.25, 0.3) is 0 Å². The summed E-state index contributed by atoms with van der Waals surface area (Å²) in [4.78, 5) is 11.5. The minimum Gasteiger partial charge on any atom is -0.465 e. The quantitative estimate of drug-likeness (QED) is 0.432. The molecule has 0 aliphatic heterocycles. The Morgan fingerprint density at radius 2 is 2.09 bits per heavy atom. The molecule has 0 saturated heterocycles. The van der Waals surface area contributed by atoms with Gasteiger partial charge in [0.2, 0.25) is 0 Å². The Morgan fingerprint density at radius 1 is 1.32 bits per heavy atom. The molecular formula is C17H11BrClNO2. The second kappa shape index (κ2) is 7.26. The summed E-state index contributed by atoms with van der Waals surface area (Å²) in [7, 11) is 1.33. The molecule has 2 aromatic carbocycles. The zero-order valence-corrected chi connectivity index (χ0v) is 14.0. The first-order valence-corrected chi connectivity index (χ1v) is 7.48. The first-order valence-electron chi connectivity index (χ1n) is 6.30. The van der Waals surface area contributed by atoms with Crippen molar-refractivity contribution in [3.63, 3.8) is 0 Å². The van der Waals surface area contributed by atoms with Crippen molar-refractivity contribution >= 4 is 45.1 Å². The van der Waals surface area contributed by atoms with Gasteiger partial charge in [-0.1, -0.05) is 45.7 Å². The lowest BCUT2D eigenvalue weighted by Crippen LogP contribution is -2.00. The van der Waals surface area contributed by atoms with E-state index in [1.165, 1.54) is 7.11 Å². The van der Waals surface area contributed by atoms with Crippen LogP contribution in [-0.4, -0.2) is 13.1 Å². The number of nitrogens with zero attached hydrogens (tertiary/aromatic N) is 1. The molecule has 110 valence electrons. The molecule has 0 aromatic heterocycles. The third kappa shape index (κ3) is 3.76. The summed E-state index contributed by atoms with van der Waals surface area (Å²) in [6.07, 6.45) is 1.68. The van der Waals surface area contributed by atoms with Crippen LogP contribution in [0.2, 0.25) is 5.02 Å². The Bertz CT molecular complexity index is 793. The molecule has 0 amide bonds. The fourth-order valence-corrected chi connectivity index (χ4v) is 2.69. The van der Waals surface area contributed by atoms with Gasteiger partial charge in [-0.15, -0.1) is 0 Å². The highest BCUT2D eigenvalue weighted by molar-refractivity contribution is 9.10. The van der Waals surface area contributed by atoms with Crippen molar-refractivity contribution in [2.24, 2.45) is 0 Å². The molecule has 22 heavy (non-hydrogen) atoms. The van der Waals surface area contributed by atoms with Gasteiger partial charge < -0.3 is 4.74 Å². The number of rotatable bonds is 3. The van der Waals surface area contributed by atoms with Crippen LogP contribution in [0.15, 0.2) is 46.9 Å². The van der Waals surface area contributed by atoms with E-state index in [-0.39, 0.29) is 0 Å². The standard InChI is InChI=1S/C17H11BrClNO2/c1-22-17(21)12-4-2-3-11(7-12)8-13(10-20)15-6-5-14(18)9-16(15)19/h2-9H,1H3/b13-8+. The molecule has 0 saturated carbocycles. The van der Waals surface area contributed by atoms with Crippen LogP contribution in [0.25, 0.3) is 11.6 Å². The summed E-state index contributed by atoms with van der Waals surface area (Å²) in [5.74, 6) is -0.421. The second-order valence-electron chi connectivity index (χ2n) is 4.41. The lowest BCUT2D eigenvalue weighted by Gasteiger charge is -2.04. The highest BCUT2D eigenvalue weighted by Gasteiger charge is 2.09. The Kier molecular flexibility index (Phi) is 5.37. The van der Waals surface area contributed by atoms with Gasteiger partial charge in [-0.25, -0.2) is 4.79 Å². The molecule has 0 aliphatic rings. The SMILES string of the molecule is COC(=O)c1cccc(/C=C(\C#N)c2ccc(Br)cc2Cl)c1. The largest absolute Gasteiger partial charge is 0.465 e. The highest BCUT2D eigenvalue weighted by atomic mass is 79.9. The Hall–Kier alpha value is -2.09. The number of halogens is 2. The summed E-state index contributed by atoms with van der Waals surface area (Å²) in [5, 5.41) is 9.86. The summed E-state index contributed by atoms with van der Waals surface area (Å²) in [6.45, 7) is 0. The molecule has 0 unspecified atom stereocenters. The van der Waals surface area contributed by atoms with Crippen LogP contribution in [0.3, 0.4) is 0 Å². The number of methoxy groups -OCH3 is 1. The van der Waals surface area contributed by atoms with Gasteiger partial charge >= 0.3 is 5.97 Å². The van der Waals surface area contributed by atoms with Crippen molar-refractivity contribution in [2.45, 2.75) is 0 Å². The smallest absolute Gasteiger partial charge is 0.337 e. The van der Waals surface area contributed by atoms with E-state index < -0.39 is 5.97 Å². The van der Waals surface area contributed by atoms with Crippen molar-refractivity contribution in [3.05, 3.63) is 68.7 Å². The van der Waals surface area contributed by atoms with Crippen molar-refractivity contribution in [1.82, 2.24) is 0 Å². The van der Waals surface area contributed by atoms with E-state index in [4.69, 9.17) is 11.6 Å². The Labute approximate surface area is 141 Å². The maximum Gasteiger partial charge on any atom is 0.337 e. The van der Waals surface area contributed by atoms with Crippen LogP contribution < -0.4 is 0 Å². The van der Waals surface area contributed by atoms with Gasteiger partial charge in [-0.3, -0.25) is 0 Å². The molecule has 0 N–H and O–H groups in total. The van der Waals surface area contributed by atoms with E-state index in [2.05, 4.69) is 26.7 Å². The Morgan fingerprint density at radius 3 is 2.73 bits per heavy atom. The van der Waals surface area contributed by atoms with Gasteiger partial charge in [0.15, 0.2) is 0 Å². The first kappa shape index (κ1) is 16.3. The number of hydrogen-bond donors (Lipinski definition) is 0. The van der Waals surface area contributed by atoms with Crippen LogP contribution in [0.5, 0.6) is 0 Å². The number of ether oxygens (including phenoxy) is 1. The fraction of sp³-hybridized carbons (Fsp3) is 0.0588. The van der Waals surface area contributed by atoms with Crippen LogP contribution in [0, 0.1) is 11.3 Å². The third-order valence-electron chi connectivity index (χ3n) is 2.96. The zero-order chi connectivity index (χ0) is 16.1. The molecule has 2 rings (SSSR count). The summed E-state index contributed by atoms with van der Waals surface area (Å²) in [5.41, 5.74) is 2.20. The van der Waals surface area contributed by atoms with Gasteiger partial charge in [0, 0.05) is 10.0 Å². The van der Waals surface area contributed by atoms with Gasteiger partial charge in [-0.2, -0.15) is 5.26 Å². The van der Waals surface area contributed by atoms with Gasteiger partial charge in [0.05, 0.1) is 29.3 Å². The predicted octanol–water partition coefficient (Wildman–Crippen LogP) is 4.95. The van der Waals surface area contributed by atoms with Gasteiger partial charge in [0.1, 0.15) is 0 Å². The van der Waals surface area contributed by atoms with E-state index in [1.807, 2.05) is 6.07 Å². The minimum absolute atomic E-state index is 0.416. The molecule has 0 heterocycles. The number of allylic oxidation sites excluding steroid dienone is 1. The van der Waals surface area contributed by atoms with Gasteiger partial charge in [-0.05, 0) is 35.9 Å². The van der Waals surface area contributed by atoms with Crippen LogP contribution in [-0.2, 0) is 4.74 Å². The monoisotopic (exact) mass is 375 g/mol. The van der Waals surface area contributed by atoms with E-state index >= 15 is 0 Å². The molecule has 0 spiro atoms. The van der Waals surface area contributed by atoms with Crippen LogP contribution >= 0.6 is 27.5 Å². The summed E-state index contributed by atoms with van der Waals surface area (Å²) in [6, 6.07) is 14.3. The molecule has 3 nitrogen and oxygen atoms in total. The molecule has 0 bridgehead atoms. The normalized spacial score (nSPS) is 10.9. The topological polar surface area (TPSA) is 50.1 Å². The van der Waals surface area contributed by atoms with Crippen molar-refractivity contribution in [2.75, 3.05) is 7.11 Å². The second-order valence-corrected chi connectivity index (χ2v) is 5.73. The molecule has 5 heteroatoms. The minimum atomic E-state index is -0.421. The number of carbonyl (C=O) groups excluding carboxylic acids is 1. The predicted molar refractivity (Wildman–Crippen MR) is 90.4 cm³/mol. The number of benzene rings is 2. The molecule has 2 aromatic rings. The number of hydrogen-bond acceptors (Lipinski definition) is 3. The average molecular weight is 377 g/mol. The first-order chi connectivity index (χ1) is 10.5. The zero-order valence-electron chi connectivity index (χ0n) is 11.6. The maximum atomic E-state index is 11.5. The van der Waals surface area contributed by atoms with E-state index in [1.54, 1.807) is 42.5 Å². The van der Waals surface area contributed by atoms with Crippen LogP contribution in [0.1, 0.15) is 21.5 Å². The molecule has 0 fully saturated rings. The lowest BCUT2D eigenvalue weighted by molar-refractivity contribution is 0.0600. The number of esters is 1. The molecule has 0 radical (unpaired) electrons. The molecule has 0 aliphatic carbocycles. The maximum absolute atomic E-state index is 11.5. The van der Waals surface area contributed by atoms with Crippen molar-refractivity contribution in [1.29, 1.82) is 5.26 Å². The molecule has 0 atom stereocenters. The lowest BCUT2D eigenvalue weighted by atomic mass is 10.0. The number of carbonyl (C=O) groups is 1. The van der Waals surface area contributed by atoms with E-state index in [0.717, 1.165) is 10.0 Å². The molecular weight excluding hydrogens is 366 g/mol. The van der Waals surface area contributed by atoms with E-state index in [0.29, 0.717) is 21.7 Å².